The second-order valence-electron chi connectivity index (χ2n) is 3.68. The summed E-state index contributed by atoms with van der Waals surface area (Å²) in [4.78, 5) is 11.2. The number of amides is 1. The minimum atomic E-state index is -1.30. The lowest BCUT2D eigenvalue weighted by Crippen LogP contribution is -2.64. The Kier molecular flexibility index (Phi) is 5.03. The number of hydrogen-bond acceptors (Lipinski definition) is 6. The fourth-order valence-corrected chi connectivity index (χ4v) is 1.66. The quantitative estimate of drug-likeness (QED) is 0.418. The van der Waals surface area contributed by atoms with E-state index in [1.54, 1.807) is 0 Å². The predicted octanol–water partition coefficient (Wildman–Crippen LogP) is -2.26. The van der Waals surface area contributed by atoms with Crippen molar-refractivity contribution in [2.75, 3.05) is 13.7 Å². The number of aliphatic hydroxyl groups excluding tert-OH is 3. The van der Waals surface area contributed by atoms with E-state index in [0.29, 0.717) is 0 Å². The van der Waals surface area contributed by atoms with E-state index in [4.69, 9.17) is 14.6 Å². The van der Waals surface area contributed by atoms with Gasteiger partial charge < -0.3 is 30.1 Å². The Hall–Kier alpha value is -0.990. The van der Waals surface area contributed by atoms with Crippen LogP contribution in [-0.4, -0.2) is 65.6 Å². The second-order valence-corrected chi connectivity index (χ2v) is 3.68. The molecule has 0 saturated carbocycles. The molecule has 0 bridgehead atoms. The summed E-state index contributed by atoms with van der Waals surface area (Å²) >= 11 is 0. The zero-order valence-corrected chi connectivity index (χ0v) is 9.44. The number of rotatable bonds is 4. The van der Waals surface area contributed by atoms with Gasteiger partial charge in [-0.2, -0.15) is 0 Å². The van der Waals surface area contributed by atoms with Crippen molar-refractivity contribution in [1.82, 2.24) is 5.32 Å². The second kappa shape index (κ2) is 6.08. The van der Waals surface area contributed by atoms with Gasteiger partial charge in [0.25, 0.3) is 0 Å². The maximum Gasteiger partial charge on any atom is 0.243 e. The molecule has 1 fully saturated rings. The minimum absolute atomic E-state index is 0.458. The molecule has 5 atom stereocenters. The van der Waals surface area contributed by atoms with Gasteiger partial charge in [-0.25, -0.2) is 0 Å². The summed E-state index contributed by atoms with van der Waals surface area (Å²) in [6.45, 7) is 2.82. The van der Waals surface area contributed by atoms with E-state index in [0.717, 1.165) is 6.08 Å². The van der Waals surface area contributed by atoms with Crippen molar-refractivity contribution in [1.29, 1.82) is 0 Å². The molecule has 0 aromatic rings. The van der Waals surface area contributed by atoms with Gasteiger partial charge in [0.1, 0.15) is 24.4 Å². The first-order valence-corrected chi connectivity index (χ1v) is 5.13. The summed E-state index contributed by atoms with van der Waals surface area (Å²) in [5.41, 5.74) is 0. The molecule has 98 valence electrons. The Labute approximate surface area is 98.6 Å². The van der Waals surface area contributed by atoms with E-state index < -0.39 is 43.2 Å². The van der Waals surface area contributed by atoms with Crippen LogP contribution in [-0.2, 0) is 14.3 Å². The zero-order valence-electron chi connectivity index (χ0n) is 9.44. The Balaban J connectivity index is 2.79. The fourth-order valence-electron chi connectivity index (χ4n) is 1.66. The zero-order chi connectivity index (χ0) is 13.0. The molecule has 0 unspecified atom stereocenters. The van der Waals surface area contributed by atoms with E-state index in [-0.39, 0.29) is 0 Å². The van der Waals surface area contributed by atoms with E-state index in [9.17, 15) is 15.0 Å². The van der Waals surface area contributed by atoms with Crippen LogP contribution in [0.15, 0.2) is 12.7 Å². The van der Waals surface area contributed by atoms with Gasteiger partial charge >= 0.3 is 0 Å². The molecular weight excluding hydrogens is 230 g/mol. The molecule has 17 heavy (non-hydrogen) atoms. The molecule has 1 aliphatic heterocycles. The van der Waals surface area contributed by atoms with Gasteiger partial charge in [0.15, 0.2) is 6.29 Å². The number of methoxy groups -OCH3 is 1. The highest BCUT2D eigenvalue weighted by molar-refractivity contribution is 5.87. The SMILES string of the molecule is C=CC(=O)N[C@H]1[C@H](OC)O[C@H](CO)[C@H](O)[C@@H]1O. The first-order valence-electron chi connectivity index (χ1n) is 5.13. The van der Waals surface area contributed by atoms with Crippen LogP contribution in [0.4, 0.5) is 0 Å². The fraction of sp³-hybridized carbons (Fsp3) is 0.700. The van der Waals surface area contributed by atoms with Gasteiger partial charge in [0.2, 0.25) is 5.91 Å². The topological polar surface area (TPSA) is 108 Å². The monoisotopic (exact) mass is 247 g/mol. The summed E-state index contributed by atoms with van der Waals surface area (Å²) < 4.78 is 10.1. The molecule has 0 aromatic carbocycles. The third kappa shape index (κ3) is 3.02. The van der Waals surface area contributed by atoms with E-state index in [2.05, 4.69) is 11.9 Å². The third-order valence-corrected chi connectivity index (χ3v) is 2.61. The molecule has 7 nitrogen and oxygen atoms in total. The van der Waals surface area contributed by atoms with Crippen molar-refractivity contribution >= 4 is 5.91 Å². The van der Waals surface area contributed by atoms with E-state index in [1.165, 1.54) is 7.11 Å². The number of carbonyl (C=O) groups is 1. The van der Waals surface area contributed by atoms with Gasteiger partial charge in [0, 0.05) is 7.11 Å². The Morgan fingerprint density at radius 3 is 2.65 bits per heavy atom. The Morgan fingerprint density at radius 2 is 2.18 bits per heavy atom. The summed E-state index contributed by atoms with van der Waals surface area (Å²) in [6, 6.07) is -0.928. The number of hydrogen-bond donors (Lipinski definition) is 4. The van der Waals surface area contributed by atoms with E-state index in [1.807, 2.05) is 0 Å². The van der Waals surface area contributed by atoms with Crippen LogP contribution >= 0.6 is 0 Å². The molecule has 7 heteroatoms. The van der Waals surface area contributed by atoms with Crippen LogP contribution in [0.25, 0.3) is 0 Å². The van der Waals surface area contributed by atoms with Gasteiger partial charge in [0.05, 0.1) is 6.61 Å². The highest BCUT2D eigenvalue weighted by atomic mass is 16.7. The molecule has 4 N–H and O–H groups in total. The van der Waals surface area contributed by atoms with Crippen LogP contribution in [0.2, 0.25) is 0 Å². The van der Waals surface area contributed by atoms with E-state index >= 15 is 0 Å². The van der Waals surface area contributed by atoms with Gasteiger partial charge in [-0.05, 0) is 6.08 Å². The largest absolute Gasteiger partial charge is 0.394 e. The first-order chi connectivity index (χ1) is 8.04. The van der Waals surface area contributed by atoms with Crippen molar-refractivity contribution in [3.8, 4) is 0 Å². The summed E-state index contributed by atoms with van der Waals surface area (Å²) in [5, 5.41) is 30.8. The lowest BCUT2D eigenvalue weighted by Gasteiger charge is -2.41. The molecule has 1 rings (SSSR count). The van der Waals surface area contributed by atoms with Crippen LogP contribution in [0.3, 0.4) is 0 Å². The third-order valence-electron chi connectivity index (χ3n) is 2.61. The van der Waals surface area contributed by atoms with Gasteiger partial charge in [-0.1, -0.05) is 6.58 Å². The minimum Gasteiger partial charge on any atom is -0.394 e. The number of carbonyl (C=O) groups excluding carboxylic acids is 1. The molecule has 1 saturated heterocycles. The Bertz CT molecular complexity index is 282. The van der Waals surface area contributed by atoms with Gasteiger partial charge in [-0.3, -0.25) is 4.79 Å². The van der Waals surface area contributed by atoms with Crippen LogP contribution in [0, 0.1) is 0 Å². The van der Waals surface area contributed by atoms with Crippen molar-refractivity contribution in [3.63, 3.8) is 0 Å². The average Bonchev–Trinajstić information content (AvgIpc) is 2.35. The highest BCUT2D eigenvalue weighted by Gasteiger charge is 2.44. The number of ether oxygens (including phenoxy) is 2. The van der Waals surface area contributed by atoms with Crippen LogP contribution < -0.4 is 5.32 Å². The maximum atomic E-state index is 11.2. The standard InChI is InChI=1S/C10H17NO6/c1-3-6(13)11-7-9(15)8(14)5(4-12)17-10(7)16-2/h3,5,7-10,12,14-15H,1,4H2,2H3,(H,11,13)/t5-,7-,8+,9-,10-/m1/s1. The van der Waals surface area contributed by atoms with Gasteiger partial charge in [-0.15, -0.1) is 0 Å². The maximum absolute atomic E-state index is 11.2. The molecule has 1 amide bonds. The molecule has 1 aliphatic rings. The summed E-state index contributed by atoms with van der Waals surface area (Å²) in [5.74, 6) is -0.519. The molecule has 0 spiro atoms. The predicted molar refractivity (Wildman–Crippen MR) is 56.9 cm³/mol. The van der Waals surface area contributed by atoms with Crippen LogP contribution in [0.1, 0.15) is 0 Å². The average molecular weight is 247 g/mol. The first kappa shape index (κ1) is 14.1. The highest BCUT2D eigenvalue weighted by Crippen LogP contribution is 2.21. The number of nitrogens with one attached hydrogen (secondary N) is 1. The molecule has 1 heterocycles. The molecule has 0 radical (unpaired) electrons. The summed E-state index contributed by atoms with van der Waals surface area (Å²) in [7, 11) is 1.33. The molecule has 0 aliphatic carbocycles. The smallest absolute Gasteiger partial charge is 0.243 e. The van der Waals surface area contributed by atoms with Crippen LogP contribution in [0.5, 0.6) is 0 Å². The summed E-state index contributed by atoms with van der Waals surface area (Å²) in [6.07, 6.45) is -3.47. The van der Waals surface area contributed by atoms with Crippen molar-refractivity contribution in [2.45, 2.75) is 30.6 Å². The van der Waals surface area contributed by atoms with Crippen molar-refractivity contribution in [2.24, 2.45) is 0 Å². The molecular formula is C10H17NO6. The van der Waals surface area contributed by atoms with Crippen molar-refractivity contribution in [3.05, 3.63) is 12.7 Å². The lowest BCUT2D eigenvalue weighted by atomic mass is 9.97. The lowest BCUT2D eigenvalue weighted by molar-refractivity contribution is -0.262. The Morgan fingerprint density at radius 1 is 1.53 bits per heavy atom. The number of aliphatic hydroxyl groups is 3. The normalized spacial score (nSPS) is 37.5. The van der Waals surface area contributed by atoms with Crippen molar-refractivity contribution < 1.29 is 29.6 Å². The molecule has 0 aromatic heterocycles.